The minimum atomic E-state index is -1.57. The Morgan fingerprint density at radius 2 is 0.955 bits per heavy atom. The molecule has 1 saturated heterocycles. The molecule has 1 aliphatic rings. The van der Waals surface area contributed by atoms with Gasteiger partial charge in [0.2, 0.25) is 5.91 Å². The molecule has 0 aromatic rings. The van der Waals surface area contributed by atoms with E-state index in [1.165, 1.54) is 141 Å². The van der Waals surface area contributed by atoms with E-state index in [-0.39, 0.29) is 12.5 Å². The first-order valence-electron chi connectivity index (χ1n) is 27.2. The van der Waals surface area contributed by atoms with Crippen LogP contribution >= 0.6 is 0 Å². The topological polar surface area (TPSA) is 149 Å². The molecule has 0 aromatic carbocycles. The molecule has 7 unspecified atom stereocenters. The second-order valence-electron chi connectivity index (χ2n) is 18.6. The lowest BCUT2D eigenvalue weighted by atomic mass is 9.99. The van der Waals surface area contributed by atoms with Crippen molar-refractivity contribution in [3.63, 3.8) is 0 Å². The van der Waals surface area contributed by atoms with Crippen LogP contribution in [0.5, 0.6) is 0 Å². The number of aliphatic hydroxyl groups is 5. The molecule has 0 spiro atoms. The smallest absolute Gasteiger partial charge is 0.220 e. The molecule has 0 radical (unpaired) electrons. The predicted molar refractivity (Wildman–Crippen MR) is 276 cm³/mol. The predicted octanol–water partition coefficient (Wildman–Crippen LogP) is 12.9. The van der Waals surface area contributed by atoms with E-state index in [1.54, 1.807) is 6.08 Å². The second-order valence-corrected chi connectivity index (χ2v) is 18.6. The Morgan fingerprint density at radius 1 is 0.530 bits per heavy atom. The third-order valence-corrected chi connectivity index (χ3v) is 12.5. The highest BCUT2D eigenvalue weighted by Crippen LogP contribution is 2.23. The molecule has 7 atom stereocenters. The highest BCUT2D eigenvalue weighted by molar-refractivity contribution is 5.76. The first-order chi connectivity index (χ1) is 32.3. The number of aliphatic hydroxyl groups excluding tert-OH is 5. The van der Waals surface area contributed by atoms with Gasteiger partial charge in [0.05, 0.1) is 25.4 Å². The van der Waals surface area contributed by atoms with Crippen LogP contribution in [0.4, 0.5) is 0 Å². The second kappa shape index (κ2) is 46.4. The molecule has 0 aromatic heterocycles. The molecule has 66 heavy (non-hydrogen) atoms. The van der Waals surface area contributed by atoms with Crippen LogP contribution in [0.1, 0.15) is 226 Å². The summed E-state index contributed by atoms with van der Waals surface area (Å²) in [7, 11) is 0. The number of nitrogens with one attached hydrogen (secondary N) is 1. The molecule has 0 aliphatic carbocycles. The van der Waals surface area contributed by atoms with E-state index < -0.39 is 49.5 Å². The average Bonchev–Trinajstić information content (AvgIpc) is 3.32. The van der Waals surface area contributed by atoms with Crippen molar-refractivity contribution >= 4 is 5.91 Å². The SMILES string of the molecule is CC/C=C\C/C=C\C/C=C\C/C=C\CCCCCCCCCCCCCCCCCCCCC(=O)NC(COC1OC(CO)C(O)C(O)C1O)C(O)/C=C/CC/C=C/CCCCCCCC. The maximum Gasteiger partial charge on any atom is 0.220 e. The number of hydrogen-bond donors (Lipinski definition) is 6. The molecule has 1 heterocycles. The minimum absolute atomic E-state index is 0.188. The van der Waals surface area contributed by atoms with Crippen LogP contribution < -0.4 is 5.32 Å². The van der Waals surface area contributed by atoms with Crippen molar-refractivity contribution in [2.45, 2.75) is 269 Å². The molecule has 9 nitrogen and oxygen atoms in total. The van der Waals surface area contributed by atoms with Crippen LogP contribution in [-0.4, -0.2) is 87.5 Å². The number of amides is 1. The van der Waals surface area contributed by atoms with Crippen LogP contribution in [0.25, 0.3) is 0 Å². The molecule has 6 N–H and O–H groups in total. The molecule has 1 rings (SSSR count). The summed E-state index contributed by atoms with van der Waals surface area (Å²) in [5, 5.41) is 54.3. The quantitative estimate of drug-likeness (QED) is 0.0261. The summed E-state index contributed by atoms with van der Waals surface area (Å²) < 4.78 is 11.2. The average molecular weight is 928 g/mol. The molecule has 1 aliphatic heterocycles. The van der Waals surface area contributed by atoms with Gasteiger partial charge in [-0.1, -0.05) is 222 Å². The molecule has 0 bridgehead atoms. The standard InChI is InChI=1S/C57H101NO8/c1-3-5-7-9-11-13-15-17-18-19-20-21-22-23-24-25-26-27-28-29-30-31-32-33-34-35-37-39-41-43-45-47-53(61)58-50(49-65-57-56(64)55(63)54(62)52(48-59)66-57)51(60)46-44-42-40-38-36-16-14-12-10-8-6-4-2/h5,7,11,13,17-18,20-21,36,38,44,46,50-52,54-57,59-60,62-64H,3-4,6,8-10,12,14-16,19,22-35,37,39-43,45,47-49H2,1-2H3,(H,58,61)/b7-5-,13-11-,18-17-,21-20-,38-36+,46-44+. The Morgan fingerprint density at radius 3 is 1.45 bits per heavy atom. The van der Waals surface area contributed by atoms with Crippen molar-refractivity contribution in [2.75, 3.05) is 13.2 Å². The summed E-state index contributed by atoms with van der Waals surface area (Å²) in [6.07, 6.45) is 56.9. The van der Waals surface area contributed by atoms with E-state index in [4.69, 9.17) is 9.47 Å². The third kappa shape index (κ3) is 35.7. The molecule has 382 valence electrons. The number of hydrogen-bond acceptors (Lipinski definition) is 8. The summed E-state index contributed by atoms with van der Waals surface area (Å²) >= 11 is 0. The van der Waals surface area contributed by atoms with E-state index >= 15 is 0 Å². The molecule has 1 fully saturated rings. The van der Waals surface area contributed by atoms with Gasteiger partial charge in [-0.3, -0.25) is 4.79 Å². The Balaban J connectivity index is 2.15. The monoisotopic (exact) mass is 928 g/mol. The van der Waals surface area contributed by atoms with Gasteiger partial charge in [0, 0.05) is 6.42 Å². The fraction of sp³-hybridized carbons (Fsp3) is 0.772. The Hall–Kier alpha value is -2.37. The lowest BCUT2D eigenvalue weighted by Crippen LogP contribution is -2.60. The fourth-order valence-electron chi connectivity index (χ4n) is 8.22. The first-order valence-corrected chi connectivity index (χ1v) is 27.2. The largest absolute Gasteiger partial charge is 0.394 e. The Kier molecular flexibility index (Phi) is 43.3. The van der Waals surface area contributed by atoms with Crippen LogP contribution in [0, 0.1) is 0 Å². The fourth-order valence-corrected chi connectivity index (χ4v) is 8.22. The zero-order valence-electron chi connectivity index (χ0n) is 42.2. The molecular formula is C57H101NO8. The molecule has 1 amide bonds. The third-order valence-electron chi connectivity index (χ3n) is 12.5. The zero-order chi connectivity index (χ0) is 48.0. The van der Waals surface area contributed by atoms with Crippen molar-refractivity contribution < 1.29 is 39.8 Å². The summed E-state index contributed by atoms with van der Waals surface area (Å²) in [5.74, 6) is -0.188. The van der Waals surface area contributed by atoms with E-state index in [9.17, 15) is 30.3 Å². The zero-order valence-corrected chi connectivity index (χ0v) is 42.2. The van der Waals surface area contributed by atoms with Crippen LogP contribution in [0.3, 0.4) is 0 Å². The maximum absolute atomic E-state index is 13.0. The van der Waals surface area contributed by atoms with Crippen LogP contribution in [-0.2, 0) is 14.3 Å². The number of allylic oxidation sites excluding steroid dienone is 11. The van der Waals surface area contributed by atoms with E-state index in [2.05, 4.69) is 79.9 Å². The number of unbranched alkanes of at least 4 members (excludes halogenated alkanes) is 25. The molecule has 9 heteroatoms. The van der Waals surface area contributed by atoms with Crippen molar-refractivity contribution in [3.8, 4) is 0 Å². The van der Waals surface area contributed by atoms with Gasteiger partial charge in [-0.05, 0) is 70.6 Å². The van der Waals surface area contributed by atoms with Gasteiger partial charge >= 0.3 is 0 Å². The van der Waals surface area contributed by atoms with Crippen molar-refractivity contribution in [1.82, 2.24) is 5.32 Å². The van der Waals surface area contributed by atoms with Crippen molar-refractivity contribution in [1.29, 1.82) is 0 Å². The summed E-state index contributed by atoms with van der Waals surface area (Å²) in [6.45, 7) is 3.63. The van der Waals surface area contributed by atoms with Gasteiger partial charge in [-0.25, -0.2) is 0 Å². The number of ether oxygens (including phenoxy) is 2. The summed E-state index contributed by atoms with van der Waals surface area (Å²) in [6, 6.07) is -0.822. The maximum atomic E-state index is 13.0. The van der Waals surface area contributed by atoms with Gasteiger partial charge in [-0.15, -0.1) is 0 Å². The Bertz CT molecular complexity index is 1260. The first kappa shape index (κ1) is 61.6. The van der Waals surface area contributed by atoms with Gasteiger partial charge in [0.15, 0.2) is 6.29 Å². The summed E-state index contributed by atoms with van der Waals surface area (Å²) in [5.41, 5.74) is 0. The Labute approximate surface area is 404 Å². The normalized spacial score (nSPS) is 20.4. The number of carbonyl (C=O) groups excluding carboxylic acids is 1. The highest BCUT2D eigenvalue weighted by Gasteiger charge is 2.44. The lowest BCUT2D eigenvalue weighted by Gasteiger charge is -2.40. The van der Waals surface area contributed by atoms with Crippen molar-refractivity contribution in [3.05, 3.63) is 72.9 Å². The number of rotatable bonds is 45. The van der Waals surface area contributed by atoms with E-state index in [0.717, 1.165) is 64.2 Å². The summed E-state index contributed by atoms with van der Waals surface area (Å²) in [4.78, 5) is 13.0. The van der Waals surface area contributed by atoms with Crippen LogP contribution in [0.15, 0.2) is 72.9 Å². The van der Waals surface area contributed by atoms with Crippen LogP contribution in [0.2, 0.25) is 0 Å². The number of carbonyl (C=O) groups is 1. The van der Waals surface area contributed by atoms with E-state index in [0.29, 0.717) is 6.42 Å². The molecular weight excluding hydrogens is 827 g/mol. The van der Waals surface area contributed by atoms with Crippen molar-refractivity contribution in [2.24, 2.45) is 0 Å². The highest BCUT2D eigenvalue weighted by atomic mass is 16.7. The molecule has 0 saturated carbocycles. The lowest BCUT2D eigenvalue weighted by molar-refractivity contribution is -0.302. The van der Waals surface area contributed by atoms with Gasteiger partial charge < -0.3 is 40.3 Å². The van der Waals surface area contributed by atoms with Gasteiger partial charge in [0.1, 0.15) is 24.4 Å². The van der Waals surface area contributed by atoms with Gasteiger partial charge in [-0.2, -0.15) is 0 Å². The minimum Gasteiger partial charge on any atom is -0.394 e. The van der Waals surface area contributed by atoms with E-state index in [1.807, 2.05) is 6.08 Å². The van der Waals surface area contributed by atoms with Gasteiger partial charge in [0.25, 0.3) is 0 Å².